The number of Topliss-reactive ketones (excluding diaryl/α,β-unsaturated/α-hetero) is 2. The van der Waals surface area contributed by atoms with Crippen molar-refractivity contribution in [3.63, 3.8) is 0 Å². The maximum Gasteiger partial charge on any atom is 0.247 e. The van der Waals surface area contributed by atoms with E-state index in [9.17, 15) is 24.0 Å². The van der Waals surface area contributed by atoms with Gasteiger partial charge in [-0.2, -0.15) is 0 Å². The summed E-state index contributed by atoms with van der Waals surface area (Å²) in [6.45, 7) is 3.70. The molecular formula is C29H40N6O5. The standard InChI is InChI=1S/C29H40N6O5/c1-18(2)13-20(17-36)33-28-24(37)16-32-26(29(40)35(3)12-8-4-5-11-25(38)34-28)27(39)22(30)14-19-15-31-23-10-7-6-9-21(19)23/h4,6-10,15,17-18,20,22,26,28,31-33H,5,11-14,16,30H2,1-3H3,(H,34,38)/t20-,22+,26+,28-/m1/s1. The molecule has 2 aromatic rings. The number of aromatic amines is 1. The lowest BCUT2D eigenvalue weighted by Gasteiger charge is -2.27. The Hall–Kier alpha value is -3.67. The summed E-state index contributed by atoms with van der Waals surface area (Å²) < 4.78 is 0. The summed E-state index contributed by atoms with van der Waals surface area (Å²) >= 11 is 0. The lowest BCUT2D eigenvalue weighted by Crippen LogP contribution is -2.60. The largest absolute Gasteiger partial charge is 0.361 e. The molecular weight excluding hydrogens is 512 g/mol. The number of benzene rings is 1. The van der Waals surface area contributed by atoms with Crippen LogP contribution in [0, 0.1) is 5.92 Å². The Morgan fingerprint density at radius 2 is 1.95 bits per heavy atom. The van der Waals surface area contributed by atoms with Gasteiger partial charge in [-0.3, -0.25) is 29.8 Å². The number of rotatable bonds is 9. The number of hydrogen-bond donors (Lipinski definition) is 5. The predicted octanol–water partition coefficient (Wildman–Crippen LogP) is 0.588. The van der Waals surface area contributed by atoms with Crippen molar-refractivity contribution in [1.82, 2.24) is 25.8 Å². The van der Waals surface area contributed by atoms with Crippen molar-refractivity contribution in [2.24, 2.45) is 11.7 Å². The van der Waals surface area contributed by atoms with Crippen LogP contribution in [0.1, 0.15) is 38.7 Å². The van der Waals surface area contributed by atoms with Gasteiger partial charge < -0.3 is 25.7 Å². The fraction of sp³-hybridized carbons (Fsp3) is 0.483. The van der Waals surface area contributed by atoms with E-state index in [4.69, 9.17) is 5.73 Å². The minimum atomic E-state index is -1.38. The van der Waals surface area contributed by atoms with Crippen LogP contribution in [0.3, 0.4) is 0 Å². The first-order valence-corrected chi connectivity index (χ1v) is 13.6. The molecule has 0 radical (unpaired) electrons. The van der Waals surface area contributed by atoms with E-state index in [-0.39, 0.29) is 31.2 Å². The van der Waals surface area contributed by atoms with E-state index in [1.807, 2.05) is 38.1 Å². The van der Waals surface area contributed by atoms with Crippen molar-refractivity contribution >= 4 is 40.6 Å². The van der Waals surface area contributed by atoms with Gasteiger partial charge in [-0.1, -0.05) is 44.2 Å². The molecule has 0 unspecified atom stereocenters. The molecule has 2 heterocycles. The van der Waals surface area contributed by atoms with Gasteiger partial charge >= 0.3 is 0 Å². The SMILES string of the molecule is CC(C)C[C@H](C=O)N[C@@H]1NC(=O)CCC=CCN(C)C(=O)[C@H](C(=O)[C@@H](N)Cc2c[nH]c3ccccc23)NCC1=O. The molecule has 1 aromatic carbocycles. The fourth-order valence-corrected chi connectivity index (χ4v) is 4.67. The molecule has 11 heteroatoms. The average Bonchev–Trinajstić information content (AvgIpc) is 3.33. The Labute approximate surface area is 234 Å². The molecule has 4 atom stereocenters. The second-order valence-electron chi connectivity index (χ2n) is 10.6. The third-order valence-corrected chi connectivity index (χ3v) is 6.85. The number of carbonyl (C=O) groups excluding carboxylic acids is 5. The van der Waals surface area contributed by atoms with Crippen LogP contribution in [-0.2, 0) is 30.4 Å². The normalized spacial score (nSPS) is 21.2. The van der Waals surface area contributed by atoms with Crippen LogP contribution in [0.5, 0.6) is 0 Å². The molecule has 3 rings (SSSR count). The van der Waals surface area contributed by atoms with Crippen molar-refractivity contribution in [2.45, 2.75) is 63.8 Å². The van der Waals surface area contributed by atoms with E-state index in [1.54, 1.807) is 25.4 Å². The summed E-state index contributed by atoms with van der Waals surface area (Å²) in [5, 5.41) is 9.30. The highest BCUT2D eigenvalue weighted by Crippen LogP contribution is 2.19. The van der Waals surface area contributed by atoms with Crippen molar-refractivity contribution in [2.75, 3.05) is 20.1 Å². The van der Waals surface area contributed by atoms with Crippen LogP contribution < -0.4 is 21.7 Å². The minimum absolute atomic E-state index is 0.132. The third kappa shape index (κ3) is 8.41. The Bertz CT molecular complexity index is 1240. The number of carbonyl (C=O) groups is 5. The van der Waals surface area contributed by atoms with Gasteiger partial charge in [0.25, 0.3) is 0 Å². The van der Waals surface area contributed by atoms with E-state index < -0.39 is 48.3 Å². The molecule has 0 aliphatic carbocycles. The third-order valence-electron chi connectivity index (χ3n) is 6.85. The van der Waals surface area contributed by atoms with Crippen LogP contribution in [-0.4, -0.2) is 84.0 Å². The number of nitrogens with two attached hydrogens (primary N) is 1. The van der Waals surface area contributed by atoms with Gasteiger partial charge in [-0.15, -0.1) is 0 Å². The Balaban J connectivity index is 1.82. The molecule has 0 saturated carbocycles. The van der Waals surface area contributed by atoms with E-state index in [2.05, 4.69) is 20.9 Å². The summed E-state index contributed by atoms with van der Waals surface area (Å²) in [7, 11) is 1.56. The van der Waals surface area contributed by atoms with Gasteiger partial charge in [0.2, 0.25) is 11.8 Å². The quantitative estimate of drug-likeness (QED) is 0.171. The number of H-pyrrole nitrogens is 1. The molecule has 216 valence electrons. The number of aromatic nitrogens is 1. The summed E-state index contributed by atoms with van der Waals surface area (Å²) in [5.41, 5.74) is 8.08. The molecule has 6 N–H and O–H groups in total. The minimum Gasteiger partial charge on any atom is -0.361 e. The average molecular weight is 553 g/mol. The lowest BCUT2D eigenvalue weighted by atomic mass is 9.97. The first-order chi connectivity index (χ1) is 19.1. The van der Waals surface area contributed by atoms with Crippen molar-refractivity contribution in [3.05, 3.63) is 48.2 Å². The molecule has 1 aromatic heterocycles. The second kappa shape index (κ2) is 14.6. The Morgan fingerprint density at radius 1 is 1.20 bits per heavy atom. The molecule has 0 fully saturated rings. The number of likely N-dealkylation sites (N-methyl/N-ethyl adjacent to an activating group) is 1. The highest BCUT2D eigenvalue weighted by molar-refractivity contribution is 6.08. The Kier molecular flexibility index (Phi) is 11.3. The van der Waals surface area contributed by atoms with E-state index in [1.165, 1.54) is 4.90 Å². The predicted molar refractivity (Wildman–Crippen MR) is 152 cm³/mol. The van der Waals surface area contributed by atoms with Gasteiger partial charge in [0, 0.05) is 37.1 Å². The molecule has 1 aliphatic heterocycles. The van der Waals surface area contributed by atoms with Crippen LogP contribution in [0.4, 0.5) is 0 Å². The van der Waals surface area contributed by atoms with E-state index in [0.717, 1.165) is 16.5 Å². The van der Waals surface area contributed by atoms with Crippen LogP contribution in [0.25, 0.3) is 10.9 Å². The van der Waals surface area contributed by atoms with Crippen LogP contribution >= 0.6 is 0 Å². The highest BCUT2D eigenvalue weighted by atomic mass is 16.2. The molecule has 0 saturated heterocycles. The van der Waals surface area contributed by atoms with Crippen LogP contribution in [0.15, 0.2) is 42.6 Å². The summed E-state index contributed by atoms with van der Waals surface area (Å²) in [6.07, 6.45) is 6.02. The number of nitrogens with one attached hydrogen (secondary N) is 4. The van der Waals surface area contributed by atoms with Gasteiger partial charge in [0.1, 0.15) is 18.5 Å². The number of ketones is 2. The summed E-state index contributed by atoms with van der Waals surface area (Å²) in [4.78, 5) is 68.9. The number of para-hydroxylation sites is 1. The first-order valence-electron chi connectivity index (χ1n) is 13.6. The van der Waals surface area contributed by atoms with Gasteiger partial charge in [-0.25, -0.2) is 0 Å². The number of nitrogens with zero attached hydrogens (tertiary/aromatic N) is 1. The zero-order valence-electron chi connectivity index (χ0n) is 23.3. The zero-order chi connectivity index (χ0) is 29.2. The van der Waals surface area contributed by atoms with Gasteiger partial charge in [0.05, 0.1) is 18.6 Å². The highest BCUT2D eigenvalue weighted by Gasteiger charge is 2.34. The second-order valence-corrected chi connectivity index (χ2v) is 10.6. The lowest BCUT2D eigenvalue weighted by molar-refractivity contribution is -0.138. The Morgan fingerprint density at radius 3 is 2.67 bits per heavy atom. The molecule has 0 spiro atoms. The summed E-state index contributed by atoms with van der Waals surface area (Å²) in [6, 6.07) is 4.58. The molecule has 1 aliphatic rings. The molecule has 40 heavy (non-hydrogen) atoms. The molecule has 2 amide bonds. The van der Waals surface area contributed by atoms with Crippen molar-refractivity contribution in [1.29, 1.82) is 0 Å². The van der Waals surface area contributed by atoms with Crippen molar-refractivity contribution < 1.29 is 24.0 Å². The fourth-order valence-electron chi connectivity index (χ4n) is 4.67. The number of hydrogen-bond acceptors (Lipinski definition) is 8. The van der Waals surface area contributed by atoms with Crippen LogP contribution in [0.2, 0.25) is 0 Å². The molecule has 0 bridgehead atoms. The first kappa shape index (κ1) is 30.9. The van der Waals surface area contributed by atoms with E-state index >= 15 is 0 Å². The summed E-state index contributed by atoms with van der Waals surface area (Å²) in [5.74, 6) is -1.78. The smallest absolute Gasteiger partial charge is 0.247 e. The number of amides is 2. The molecule has 11 nitrogen and oxygen atoms in total. The number of fused-ring (bicyclic) bond motifs is 1. The maximum atomic E-state index is 13.5. The maximum absolute atomic E-state index is 13.5. The van der Waals surface area contributed by atoms with Gasteiger partial charge in [0.15, 0.2) is 11.6 Å². The number of allylic oxidation sites excluding steroid dienone is 1. The van der Waals surface area contributed by atoms with Crippen molar-refractivity contribution in [3.8, 4) is 0 Å². The topological polar surface area (TPSA) is 166 Å². The monoisotopic (exact) mass is 552 g/mol. The zero-order valence-corrected chi connectivity index (χ0v) is 23.3. The number of aldehydes is 1. The van der Waals surface area contributed by atoms with Gasteiger partial charge in [-0.05, 0) is 36.8 Å². The van der Waals surface area contributed by atoms with E-state index in [0.29, 0.717) is 19.1 Å².